The fourth-order valence-electron chi connectivity index (χ4n) is 3.74. The van der Waals surface area contributed by atoms with Crippen LogP contribution in [-0.4, -0.2) is 48.5 Å². The lowest BCUT2D eigenvalue weighted by Gasteiger charge is -2.14. The highest BCUT2D eigenvalue weighted by molar-refractivity contribution is 9.10. The first kappa shape index (κ1) is 26.6. The van der Waals surface area contributed by atoms with Crippen LogP contribution in [0.25, 0.3) is 16.9 Å². The molecule has 0 saturated carbocycles. The fraction of sp³-hybridized carbons (Fsp3) is 0.143. The normalized spacial score (nSPS) is 10.5. The van der Waals surface area contributed by atoms with Crippen molar-refractivity contribution in [3.05, 3.63) is 94.1 Å². The summed E-state index contributed by atoms with van der Waals surface area (Å²) in [5, 5.41) is 4.61. The molecule has 0 N–H and O–H groups in total. The maximum Gasteiger partial charge on any atom is 0.357 e. The van der Waals surface area contributed by atoms with Crippen LogP contribution < -0.4 is 9.47 Å². The van der Waals surface area contributed by atoms with E-state index in [1.54, 1.807) is 73.7 Å². The summed E-state index contributed by atoms with van der Waals surface area (Å²) in [4.78, 5) is 38.6. The predicted molar refractivity (Wildman–Crippen MR) is 142 cm³/mol. The maximum absolute atomic E-state index is 13.0. The quantitative estimate of drug-likeness (QED) is 0.199. The smallest absolute Gasteiger partial charge is 0.357 e. The van der Waals surface area contributed by atoms with Crippen molar-refractivity contribution in [1.29, 1.82) is 0 Å². The molecule has 0 saturated heterocycles. The zero-order chi connectivity index (χ0) is 27.2. The number of esters is 3. The minimum absolute atomic E-state index is 0.0969. The number of hydrogen-bond donors (Lipinski definition) is 0. The number of benzene rings is 3. The van der Waals surface area contributed by atoms with Crippen molar-refractivity contribution >= 4 is 33.8 Å². The van der Waals surface area contributed by atoms with Crippen LogP contribution in [0.15, 0.2) is 77.3 Å². The molecule has 0 bridgehead atoms. The molecule has 9 nitrogen and oxygen atoms in total. The molecule has 4 rings (SSSR count). The summed E-state index contributed by atoms with van der Waals surface area (Å²) >= 11 is 3.50. The van der Waals surface area contributed by atoms with Crippen LogP contribution in [0.1, 0.15) is 38.1 Å². The summed E-state index contributed by atoms with van der Waals surface area (Å²) in [7, 11) is 2.42. The number of ether oxygens (including phenoxy) is 4. The highest BCUT2D eigenvalue weighted by Crippen LogP contribution is 2.41. The van der Waals surface area contributed by atoms with Crippen molar-refractivity contribution in [1.82, 2.24) is 9.78 Å². The third kappa shape index (κ3) is 5.30. The van der Waals surface area contributed by atoms with Crippen LogP contribution >= 0.6 is 15.9 Å². The van der Waals surface area contributed by atoms with Gasteiger partial charge in [-0.25, -0.2) is 19.1 Å². The molecule has 3 aromatic carbocycles. The number of aromatic nitrogens is 2. The van der Waals surface area contributed by atoms with E-state index in [0.717, 1.165) is 0 Å². The molecule has 4 aromatic rings. The second kappa shape index (κ2) is 11.7. The van der Waals surface area contributed by atoms with E-state index in [2.05, 4.69) is 21.0 Å². The molecule has 0 atom stereocenters. The van der Waals surface area contributed by atoms with Crippen molar-refractivity contribution in [2.24, 2.45) is 0 Å². The van der Waals surface area contributed by atoms with Crippen LogP contribution in [0.2, 0.25) is 0 Å². The summed E-state index contributed by atoms with van der Waals surface area (Å²) in [6, 6.07) is 20.5. The molecule has 38 heavy (non-hydrogen) atoms. The average Bonchev–Trinajstić information content (AvgIpc) is 3.35. The number of hydrogen-bond acceptors (Lipinski definition) is 8. The first-order valence-electron chi connectivity index (χ1n) is 11.5. The van der Waals surface area contributed by atoms with E-state index in [1.807, 2.05) is 6.07 Å². The second-order valence-electron chi connectivity index (χ2n) is 7.77. The topological polar surface area (TPSA) is 106 Å². The number of rotatable bonds is 8. The zero-order valence-electron chi connectivity index (χ0n) is 20.8. The Hall–Kier alpha value is -4.44. The van der Waals surface area contributed by atoms with E-state index < -0.39 is 17.9 Å². The van der Waals surface area contributed by atoms with Gasteiger partial charge in [-0.1, -0.05) is 36.4 Å². The Morgan fingerprint density at radius 1 is 0.842 bits per heavy atom. The minimum Gasteiger partial charge on any atom is -0.490 e. The van der Waals surface area contributed by atoms with Gasteiger partial charge >= 0.3 is 17.9 Å². The molecular formula is C28H23BrN2O7. The first-order chi connectivity index (χ1) is 18.4. The highest BCUT2D eigenvalue weighted by Gasteiger charge is 2.32. The summed E-state index contributed by atoms with van der Waals surface area (Å²) in [6.07, 6.45) is 0. The number of para-hydroxylation sites is 1. The van der Waals surface area contributed by atoms with Gasteiger partial charge in [-0.15, -0.1) is 0 Å². The van der Waals surface area contributed by atoms with Crippen molar-refractivity contribution in [3.8, 4) is 28.4 Å². The molecule has 0 fully saturated rings. The fourth-order valence-corrected chi connectivity index (χ4v) is 4.25. The molecule has 0 unspecified atom stereocenters. The van der Waals surface area contributed by atoms with E-state index in [0.29, 0.717) is 21.3 Å². The monoisotopic (exact) mass is 578 g/mol. The SMILES string of the molecule is CCOc1cc(-c2nn(-c3ccccc3)c(C(=O)OC)c2C(=O)OC)c(Br)cc1OC(=O)c1ccccc1. The molecular weight excluding hydrogens is 556 g/mol. The van der Waals surface area contributed by atoms with Crippen molar-refractivity contribution < 1.29 is 33.3 Å². The van der Waals surface area contributed by atoms with Crippen LogP contribution in [-0.2, 0) is 9.47 Å². The number of methoxy groups -OCH3 is 2. The Balaban J connectivity index is 1.91. The minimum atomic E-state index is -0.785. The van der Waals surface area contributed by atoms with E-state index in [9.17, 15) is 14.4 Å². The highest BCUT2D eigenvalue weighted by atomic mass is 79.9. The van der Waals surface area contributed by atoms with Crippen LogP contribution in [0, 0.1) is 0 Å². The Morgan fingerprint density at radius 3 is 2.08 bits per heavy atom. The molecule has 0 aliphatic carbocycles. The molecule has 0 aliphatic heterocycles. The number of carbonyl (C=O) groups excluding carboxylic acids is 3. The van der Waals surface area contributed by atoms with Crippen LogP contribution in [0.3, 0.4) is 0 Å². The molecule has 0 amide bonds. The molecule has 10 heteroatoms. The van der Waals surface area contributed by atoms with Gasteiger partial charge in [-0.2, -0.15) is 5.10 Å². The van der Waals surface area contributed by atoms with Gasteiger partial charge < -0.3 is 18.9 Å². The number of carbonyl (C=O) groups is 3. The zero-order valence-corrected chi connectivity index (χ0v) is 22.4. The van der Waals surface area contributed by atoms with Gasteiger partial charge in [-0.3, -0.25) is 0 Å². The number of halogens is 1. The Labute approximate surface area is 227 Å². The first-order valence-corrected chi connectivity index (χ1v) is 12.3. The van der Waals surface area contributed by atoms with Crippen LogP contribution in [0.4, 0.5) is 0 Å². The summed E-state index contributed by atoms with van der Waals surface area (Å²) in [5.74, 6) is -1.73. The van der Waals surface area contributed by atoms with E-state index in [-0.39, 0.29) is 35.1 Å². The molecule has 1 heterocycles. The standard InChI is InChI=1S/C28H23BrN2O7/c1-4-37-21-15-19(20(29)16-22(21)38-26(32)17-11-7-5-8-12-17)24-23(27(33)35-2)25(28(34)36-3)31(30-24)18-13-9-6-10-14-18/h5-16H,4H2,1-3H3. The van der Waals surface area contributed by atoms with Gasteiger partial charge in [0.05, 0.1) is 32.1 Å². The molecule has 194 valence electrons. The lowest BCUT2D eigenvalue weighted by atomic mass is 10.0. The summed E-state index contributed by atoms with van der Waals surface area (Å²) in [6.45, 7) is 2.05. The average molecular weight is 579 g/mol. The van der Waals surface area contributed by atoms with E-state index >= 15 is 0 Å². The van der Waals surface area contributed by atoms with Gasteiger partial charge in [0.15, 0.2) is 17.2 Å². The third-order valence-electron chi connectivity index (χ3n) is 5.45. The molecule has 1 aromatic heterocycles. The lowest BCUT2D eigenvalue weighted by molar-refractivity contribution is 0.0549. The van der Waals surface area contributed by atoms with Gasteiger partial charge in [0.25, 0.3) is 0 Å². The van der Waals surface area contributed by atoms with Gasteiger partial charge in [0.1, 0.15) is 11.3 Å². The Bertz CT molecular complexity index is 1480. The molecule has 0 radical (unpaired) electrons. The van der Waals surface area contributed by atoms with Crippen LogP contribution in [0.5, 0.6) is 11.5 Å². The van der Waals surface area contributed by atoms with Crippen molar-refractivity contribution in [2.45, 2.75) is 6.92 Å². The van der Waals surface area contributed by atoms with Gasteiger partial charge in [-0.05, 0) is 59.3 Å². The molecule has 0 aliphatic rings. The van der Waals surface area contributed by atoms with E-state index in [4.69, 9.17) is 18.9 Å². The van der Waals surface area contributed by atoms with Crippen molar-refractivity contribution in [3.63, 3.8) is 0 Å². The second-order valence-corrected chi connectivity index (χ2v) is 8.62. The third-order valence-corrected chi connectivity index (χ3v) is 6.11. The summed E-state index contributed by atoms with van der Waals surface area (Å²) < 4.78 is 23.1. The maximum atomic E-state index is 13.0. The Morgan fingerprint density at radius 2 is 1.47 bits per heavy atom. The summed E-state index contributed by atoms with van der Waals surface area (Å²) in [5.41, 5.74) is 1.22. The Kier molecular flexibility index (Phi) is 8.22. The van der Waals surface area contributed by atoms with Gasteiger partial charge in [0.2, 0.25) is 0 Å². The van der Waals surface area contributed by atoms with Gasteiger partial charge in [0, 0.05) is 10.0 Å². The lowest BCUT2D eigenvalue weighted by Crippen LogP contribution is -2.15. The predicted octanol–water partition coefficient (Wildman–Crippen LogP) is 5.49. The van der Waals surface area contributed by atoms with E-state index in [1.165, 1.54) is 18.9 Å². The largest absolute Gasteiger partial charge is 0.490 e. The van der Waals surface area contributed by atoms with Crippen molar-refractivity contribution in [2.75, 3.05) is 20.8 Å². The number of nitrogens with zero attached hydrogens (tertiary/aromatic N) is 2. The molecule has 0 spiro atoms.